The van der Waals surface area contributed by atoms with Gasteiger partial charge >= 0.3 is 0 Å². The van der Waals surface area contributed by atoms with Crippen LogP contribution in [0.15, 0.2) is 24.5 Å². The summed E-state index contributed by atoms with van der Waals surface area (Å²) in [6, 6.07) is 6.10. The van der Waals surface area contributed by atoms with Crippen LogP contribution in [-0.2, 0) is 7.05 Å². The van der Waals surface area contributed by atoms with E-state index < -0.39 is 0 Å². The van der Waals surface area contributed by atoms with Crippen LogP contribution in [0.3, 0.4) is 0 Å². The van der Waals surface area contributed by atoms with Gasteiger partial charge in [-0.25, -0.2) is 0 Å². The van der Waals surface area contributed by atoms with Crippen LogP contribution in [-0.4, -0.2) is 9.55 Å². The maximum atomic E-state index is 8.88. The lowest BCUT2D eigenvalue weighted by molar-refractivity contribution is 0.889. The van der Waals surface area contributed by atoms with Gasteiger partial charge in [-0.05, 0) is 19.1 Å². The molecule has 0 fully saturated rings. The predicted octanol–water partition coefficient (Wildman–Crippen LogP) is 2.20. The Morgan fingerprint density at radius 2 is 2.29 bits per heavy atom. The summed E-state index contributed by atoms with van der Waals surface area (Å²) in [6.45, 7) is 1.95. The van der Waals surface area contributed by atoms with Crippen molar-refractivity contribution in [1.82, 2.24) is 9.55 Å². The van der Waals surface area contributed by atoms with Crippen molar-refractivity contribution >= 4 is 0 Å². The Morgan fingerprint density at radius 1 is 1.50 bits per heavy atom. The van der Waals surface area contributed by atoms with Crippen molar-refractivity contribution in [2.24, 2.45) is 7.05 Å². The highest BCUT2D eigenvalue weighted by Crippen LogP contribution is 2.23. The summed E-state index contributed by atoms with van der Waals surface area (Å²) in [5, 5.41) is 8.88. The van der Waals surface area contributed by atoms with Crippen LogP contribution in [0.1, 0.15) is 11.3 Å². The summed E-state index contributed by atoms with van der Waals surface area (Å²) in [5.41, 5.74) is 3.92. The standard InChI is InChI=1S/C11H11N3/c1-8-10(6-12)5-11(14(8)2)9-3-4-13-7-9/h3-5,7,13H,1-2H3. The van der Waals surface area contributed by atoms with Crippen molar-refractivity contribution in [3.05, 3.63) is 35.8 Å². The van der Waals surface area contributed by atoms with Crippen LogP contribution < -0.4 is 0 Å². The van der Waals surface area contributed by atoms with E-state index in [1.54, 1.807) is 0 Å². The fourth-order valence-corrected chi connectivity index (χ4v) is 1.57. The monoisotopic (exact) mass is 185 g/mol. The van der Waals surface area contributed by atoms with Gasteiger partial charge in [-0.15, -0.1) is 0 Å². The molecule has 3 heteroatoms. The Labute approximate surface area is 82.6 Å². The lowest BCUT2D eigenvalue weighted by Gasteiger charge is -2.01. The van der Waals surface area contributed by atoms with Crippen molar-refractivity contribution in [2.45, 2.75) is 6.92 Å². The number of nitrogens with zero attached hydrogens (tertiary/aromatic N) is 2. The van der Waals surface area contributed by atoms with E-state index in [2.05, 4.69) is 11.1 Å². The van der Waals surface area contributed by atoms with Gasteiger partial charge in [0.15, 0.2) is 0 Å². The summed E-state index contributed by atoms with van der Waals surface area (Å²) in [6.07, 6.45) is 3.81. The molecule has 14 heavy (non-hydrogen) atoms. The van der Waals surface area contributed by atoms with Crippen LogP contribution in [0.2, 0.25) is 0 Å². The second kappa shape index (κ2) is 3.08. The summed E-state index contributed by atoms with van der Waals surface area (Å²) < 4.78 is 2.03. The zero-order valence-corrected chi connectivity index (χ0v) is 8.20. The summed E-state index contributed by atoms with van der Waals surface area (Å²) in [5.74, 6) is 0. The third-order valence-corrected chi connectivity index (χ3v) is 2.55. The molecule has 0 radical (unpaired) electrons. The molecule has 2 aromatic heterocycles. The molecule has 0 saturated heterocycles. The molecule has 0 amide bonds. The third-order valence-electron chi connectivity index (χ3n) is 2.55. The number of aromatic amines is 1. The first-order chi connectivity index (χ1) is 6.74. The van der Waals surface area contributed by atoms with E-state index in [1.165, 1.54) is 0 Å². The van der Waals surface area contributed by atoms with Crippen molar-refractivity contribution in [1.29, 1.82) is 5.26 Å². The van der Waals surface area contributed by atoms with Gasteiger partial charge in [-0.3, -0.25) is 0 Å². The second-order valence-corrected chi connectivity index (χ2v) is 3.30. The van der Waals surface area contributed by atoms with Crippen molar-refractivity contribution in [3.8, 4) is 17.3 Å². The number of hydrogen-bond acceptors (Lipinski definition) is 1. The molecule has 0 bridgehead atoms. The fourth-order valence-electron chi connectivity index (χ4n) is 1.57. The molecule has 2 rings (SSSR count). The van der Waals surface area contributed by atoms with Gasteiger partial charge < -0.3 is 9.55 Å². The Balaban J connectivity index is 2.62. The van der Waals surface area contributed by atoms with Crippen LogP contribution in [0.25, 0.3) is 11.3 Å². The fraction of sp³-hybridized carbons (Fsp3) is 0.182. The minimum atomic E-state index is 0.740. The topological polar surface area (TPSA) is 44.5 Å². The van der Waals surface area contributed by atoms with Gasteiger partial charge in [-0.2, -0.15) is 5.26 Å². The molecule has 0 aliphatic rings. The van der Waals surface area contributed by atoms with E-state index in [9.17, 15) is 0 Å². The Kier molecular flexibility index (Phi) is 1.90. The molecule has 0 aliphatic carbocycles. The largest absolute Gasteiger partial charge is 0.367 e. The van der Waals surface area contributed by atoms with Gasteiger partial charge in [0.05, 0.1) is 11.3 Å². The van der Waals surface area contributed by atoms with E-state index in [-0.39, 0.29) is 0 Å². The van der Waals surface area contributed by atoms with Crippen LogP contribution in [0.4, 0.5) is 0 Å². The van der Waals surface area contributed by atoms with Gasteiger partial charge in [0.1, 0.15) is 6.07 Å². The summed E-state index contributed by atoms with van der Waals surface area (Å²) in [4.78, 5) is 3.01. The summed E-state index contributed by atoms with van der Waals surface area (Å²) in [7, 11) is 1.97. The highest BCUT2D eigenvalue weighted by molar-refractivity contribution is 5.63. The van der Waals surface area contributed by atoms with E-state index >= 15 is 0 Å². The summed E-state index contributed by atoms with van der Waals surface area (Å²) >= 11 is 0. The minimum absolute atomic E-state index is 0.740. The van der Waals surface area contributed by atoms with Gasteiger partial charge in [0.25, 0.3) is 0 Å². The quantitative estimate of drug-likeness (QED) is 0.727. The Morgan fingerprint density at radius 3 is 2.79 bits per heavy atom. The first kappa shape index (κ1) is 8.64. The van der Waals surface area contributed by atoms with E-state index in [4.69, 9.17) is 5.26 Å². The van der Waals surface area contributed by atoms with Crippen LogP contribution >= 0.6 is 0 Å². The average Bonchev–Trinajstić information content (AvgIpc) is 2.78. The minimum Gasteiger partial charge on any atom is -0.367 e. The first-order valence-electron chi connectivity index (χ1n) is 4.43. The lowest BCUT2D eigenvalue weighted by Crippen LogP contribution is -1.93. The number of H-pyrrole nitrogens is 1. The van der Waals surface area contributed by atoms with E-state index in [1.807, 2.05) is 43.1 Å². The highest BCUT2D eigenvalue weighted by atomic mass is 15.0. The Hall–Kier alpha value is -1.95. The molecule has 2 aromatic rings. The molecule has 1 N–H and O–H groups in total. The number of nitriles is 1. The molecule has 0 saturated carbocycles. The number of aromatic nitrogens is 2. The van der Waals surface area contributed by atoms with E-state index in [0.717, 1.165) is 22.5 Å². The predicted molar refractivity (Wildman–Crippen MR) is 54.7 cm³/mol. The maximum Gasteiger partial charge on any atom is 0.101 e. The molecular formula is C11H11N3. The van der Waals surface area contributed by atoms with Crippen LogP contribution in [0, 0.1) is 18.3 Å². The van der Waals surface area contributed by atoms with Crippen LogP contribution in [0.5, 0.6) is 0 Å². The third kappa shape index (κ3) is 1.12. The van der Waals surface area contributed by atoms with Gasteiger partial charge in [0.2, 0.25) is 0 Å². The molecule has 0 spiro atoms. The maximum absolute atomic E-state index is 8.88. The highest BCUT2D eigenvalue weighted by Gasteiger charge is 2.09. The van der Waals surface area contributed by atoms with E-state index in [0.29, 0.717) is 0 Å². The van der Waals surface area contributed by atoms with Crippen molar-refractivity contribution < 1.29 is 0 Å². The molecule has 3 nitrogen and oxygen atoms in total. The molecule has 0 atom stereocenters. The first-order valence-corrected chi connectivity index (χ1v) is 4.43. The number of rotatable bonds is 1. The zero-order chi connectivity index (χ0) is 10.1. The lowest BCUT2D eigenvalue weighted by atomic mass is 10.2. The molecule has 70 valence electrons. The molecule has 0 unspecified atom stereocenters. The smallest absolute Gasteiger partial charge is 0.101 e. The molecule has 2 heterocycles. The van der Waals surface area contributed by atoms with Gasteiger partial charge in [-0.1, -0.05) is 0 Å². The molecular weight excluding hydrogens is 174 g/mol. The van der Waals surface area contributed by atoms with Crippen molar-refractivity contribution in [3.63, 3.8) is 0 Å². The number of nitrogens with one attached hydrogen (secondary N) is 1. The normalized spacial score (nSPS) is 10.1. The average molecular weight is 185 g/mol. The van der Waals surface area contributed by atoms with Crippen molar-refractivity contribution in [2.75, 3.05) is 0 Å². The number of hydrogen-bond donors (Lipinski definition) is 1. The Bertz CT molecular complexity index is 483. The molecule has 0 aromatic carbocycles. The van der Waals surface area contributed by atoms with Gasteiger partial charge in [0, 0.05) is 30.7 Å². The zero-order valence-electron chi connectivity index (χ0n) is 8.20. The molecule has 0 aliphatic heterocycles. The SMILES string of the molecule is Cc1c(C#N)cc(-c2cc[nH]c2)n1C. The second-order valence-electron chi connectivity index (χ2n) is 3.30.